The predicted molar refractivity (Wildman–Crippen MR) is 145 cm³/mol. The van der Waals surface area contributed by atoms with E-state index in [9.17, 15) is 4.79 Å². The molecule has 5 nitrogen and oxygen atoms in total. The van der Waals surface area contributed by atoms with Crippen molar-refractivity contribution in [3.63, 3.8) is 0 Å². The molecule has 0 bridgehead atoms. The maximum Gasteiger partial charge on any atom is 0.222 e. The van der Waals surface area contributed by atoms with Gasteiger partial charge in [0, 0.05) is 26.6 Å². The highest BCUT2D eigenvalue weighted by atomic mass is 32.2. The van der Waals surface area contributed by atoms with Crippen LogP contribution >= 0.6 is 12.3 Å². The highest BCUT2D eigenvalue weighted by Crippen LogP contribution is 2.69. The Hall–Kier alpha value is -0.300. The summed E-state index contributed by atoms with van der Waals surface area (Å²) in [5.74, 6) is 4.48. The van der Waals surface area contributed by atoms with E-state index in [4.69, 9.17) is 13.1 Å². The Kier molecular flexibility index (Phi) is 8.38. The fraction of sp³-hybridized carbons (Fsp3) is 0.967. The second kappa shape index (κ2) is 11.1. The molecule has 0 unspecified atom stereocenters. The lowest BCUT2D eigenvalue weighted by Gasteiger charge is -2.63. The highest BCUT2D eigenvalue weighted by Gasteiger charge is 2.63. The van der Waals surface area contributed by atoms with E-state index >= 15 is 0 Å². The number of fused-ring (bicyclic) bond motifs is 5. The van der Waals surface area contributed by atoms with Gasteiger partial charge < -0.3 is 9.64 Å². The third-order valence-electron chi connectivity index (χ3n) is 12.2. The molecule has 206 valence electrons. The second-order valence-corrected chi connectivity index (χ2v) is 14.2. The smallest absolute Gasteiger partial charge is 0.222 e. The molecule has 1 aliphatic heterocycles. The Morgan fingerprint density at radius 1 is 1.00 bits per heavy atom. The molecule has 1 saturated heterocycles. The lowest BCUT2D eigenvalue weighted by molar-refractivity contribution is -0.168. The molecule has 36 heavy (non-hydrogen) atoms. The van der Waals surface area contributed by atoms with Crippen molar-refractivity contribution in [1.82, 2.24) is 4.90 Å². The van der Waals surface area contributed by atoms with Crippen LogP contribution in [-0.4, -0.2) is 50.3 Å². The summed E-state index contributed by atoms with van der Waals surface area (Å²) in [5.41, 5.74) is 0.772. The number of hydrogen-bond acceptors (Lipinski definition) is 5. The van der Waals surface area contributed by atoms with Crippen LogP contribution in [0.4, 0.5) is 0 Å². The minimum absolute atomic E-state index is 0.268. The molecule has 10 atom stereocenters. The molecule has 4 saturated carbocycles. The molecular formula is C30H51NO4S. The number of amides is 1. The van der Waals surface area contributed by atoms with Gasteiger partial charge in [0.2, 0.25) is 5.91 Å². The van der Waals surface area contributed by atoms with Gasteiger partial charge in [0.05, 0.1) is 19.3 Å². The van der Waals surface area contributed by atoms with Crippen molar-refractivity contribution in [2.45, 2.75) is 110 Å². The maximum atomic E-state index is 12.8. The SMILES string of the molecule is COSO[C@H]1C[C@@H]2C[C@H](OC)CC[C@]2(C)[C@H]2CC[C@]3(C)[C@@H]([C@H](C)CCC(=O)N4CCCC4)CC[C@H]3[C@H]12. The summed E-state index contributed by atoms with van der Waals surface area (Å²) >= 11 is 1.21. The number of carbonyl (C=O) groups is 1. The van der Waals surface area contributed by atoms with Crippen molar-refractivity contribution >= 4 is 18.2 Å². The van der Waals surface area contributed by atoms with Gasteiger partial charge >= 0.3 is 0 Å². The fourth-order valence-corrected chi connectivity index (χ4v) is 10.6. The number of hydrogen-bond donors (Lipinski definition) is 0. The second-order valence-electron chi connectivity index (χ2n) is 13.6. The Morgan fingerprint density at radius 3 is 2.44 bits per heavy atom. The predicted octanol–water partition coefficient (Wildman–Crippen LogP) is 6.90. The molecule has 0 radical (unpaired) electrons. The van der Waals surface area contributed by atoms with Gasteiger partial charge in [0.25, 0.3) is 0 Å². The van der Waals surface area contributed by atoms with Crippen molar-refractivity contribution < 1.29 is 17.9 Å². The zero-order valence-corrected chi connectivity index (χ0v) is 24.3. The summed E-state index contributed by atoms with van der Waals surface area (Å²) < 4.78 is 17.6. The first-order valence-corrected chi connectivity index (χ1v) is 15.6. The maximum absolute atomic E-state index is 12.8. The molecule has 5 rings (SSSR count). The first-order valence-electron chi connectivity index (χ1n) is 15.0. The Morgan fingerprint density at radius 2 is 1.72 bits per heavy atom. The molecule has 0 spiro atoms. The molecule has 5 aliphatic rings. The van der Waals surface area contributed by atoms with Crippen molar-refractivity contribution in [3.05, 3.63) is 0 Å². The van der Waals surface area contributed by atoms with Crippen LogP contribution in [0.25, 0.3) is 0 Å². The van der Waals surface area contributed by atoms with E-state index in [0.717, 1.165) is 50.1 Å². The van der Waals surface area contributed by atoms with Gasteiger partial charge in [0.15, 0.2) is 12.3 Å². The molecular weight excluding hydrogens is 470 g/mol. The third kappa shape index (κ3) is 4.79. The van der Waals surface area contributed by atoms with Crippen LogP contribution in [0.15, 0.2) is 0 Å². The largest absolute Gasteiger partial charge is 0.381 e. The summed E-state index contributed by atoms with van der Waals surface area (Å²) in [6, 6.07) is 0. The van der Waals surface area contributed by atoms with Crippen molar-refractivity contribution in [3.8, 4) is 0 Å². The van der Waals surface area contributed by atoms with E-state index < -0.39 is 0 Å². The average molecular weight is 522 g/mol. The first kappa shape index (κ1) is 27.3. The van der Waals surface area contributed by atoms with E-state index in [1.165, 1.54) is 70.1 Å². The summed E-state index contributed by atoms with van der Waals surface area (Å²) in [6.45, 7) is 9.63. The highest BCUT2D eigenvalue weighted by molar-refractivity contribution is 7.89. The minimum atomic E-state index is 0.268. The Bertz CT molecular complexity index is 774. The van der Waals surface area contributed by atoms with Crippen LogP contribution in [0.3, 0.4) is 0 Å². The lowest BCUT2D eigenvalue weighted by atomic mass is 9.43. The van der Waals surface area contributed by atoms with Crippen LogP contribution in [0.2, 0.25) is 0 Å². The number of nitrogens with zero attached hydrogens (tertiary/aromatic N) is 1. The fourth-order valence-electron chi connectivity index (χ4n) is 10.2. The van der Waals surface area contributed by atoms with Gasteiger partial charge in [-0.1, -0.05) is 20.8 Å². The number of rotatable bonds is 8. The quantitative estimate of drug-likeness (QED) is 0.325. The van der Waals surface area contributed by atoms with Gasteiger partial charge in [-0.25, -0.2) is 0 Å². The van der Waals surface area contributed by atoms with E-state index in [-0.39, 0.29) is 6.10 Å². The minimum Gasteiger partial charge on any atom is -0.381 e. The topological polar surface area (TPSA) is 48.0 Å². The van der Waals surface area contributed by atoms with E-state index in [2.05, 4.69) is 25.7 Å². The molecule has 0 aromatic rings. The number of methoxy groups -OCH3 is 1. The molecule has 1 amide bonds. The Labute approximate surface area is 224 Å². The molecule has 0 aromatic heterocycles. The first-order chi connectivity index (χ1) is 17.3. The Balaban J connectivity index is 1.32. The van der Waals surface area contributed by atoms with Crippen molar-refractivity contribution in [2.75, 3.05) is 27.3 Å². The van der Waals surface area contributed by atoms with Gasteiger partial charge in [-0.15, -0.1) is 0 Å². The van der Waals surface area contributed by atoms with Crippen LogP contribution in [0.1, 0.15) is 97.8 Å². The van der Waals surface area contributed by atoms with Crippen LogP contribution in [0, 0.1) is 46.3 Å². The monoisotopic (exact) mass is 521 g/mol. The number of ether oxygens (including phenoxy) is 1. The number of carbonyl (C=O) groups excluding carboxylic acids is 1. The molecule has 4 aliphatic carbocycles. The van der Waals surface area contributed by atoms with Crippen LogP contribution < -0.4 is 0 Å². The summed E-state index contributed by atoms with van der Waals surface area (Å²) in [5, 5.41) is 0. The van der Waals surface area contributed by atoms with Gasteiger partial charge in [-0.05, 0) is 117 Å². The average Bonchev–Trinajstić information content (AvgIpc) is 3.53. The molecule has 5 fully saturated rings. The third-order valence-corrected chi connectivity index (χ3v) is 12.7. The van der Waals surface area contributed by atoms with E-state index in [1.807, 2.05) is 7.11 Å². The van der Waals surface area contributed by atoms with Crippen LogP contribution in [-0.2, 0) is 17.9 Å². The molecule has 0 N–H and O–H groups in total. The standard InChI is InChI=1S/C30H51NO4S/c1-20(8-11-27(32)31-16-6-7-17-31)23-9-10-24-28-25(13-15-30(23,24)3)29(2)14-12-22(33-4)18-21(29)19-26(28)35-36-34-5/h20-26,28H,6-19H2,1-5H3/t20-,21+,22-,23-,24+,25+,26+,28+,29+,30-/m1/s1. The summed E-state index contributed by atoms with van der Waals surface area (Å²) in [4.78, 5) is 14.9. The van der Waals surface area contributed by atoms with Gasteiger partial charge in [-0.3, -0.25) is 13.2 Å². The molecule has 6 heteroatoms. The molecule has 0 aromatic carbocycles. The molecule has 1 heterocycles. The van der Waals surface area contributed by atoms with E-state index in [1.54, 1.807) is 7.11 Å². The zero-order valence-electron chi connectivity index (χ0n) is 23.5. The van der Waals surface area contributed by atoms with Crippen molar-refractivity contribution in [1.29, 1.82) is 0 Å². The van der Waals surface area contributed by atoms with Crippen molar-refractivity contribution in [2.24, 2.45) is 46.3 Å². The summed E-state index contributed by atoms with van der Waals surface area (Å²) in [7, 11) is 3.61. The normalized spacial score (nSPS) is 45.1. The van der Waals surface area contributed by atoms with Gasteiger partial charge in [0.1, 0.15) is 0 Å². The lowest BCUT2D eigenvalue weighted by Crippen LogP contribution is -2.59. The van der Waals surface area contributed by atoms with Gasteiger partial charge in [-0.2, -0.15) is 0 Å². The summed E-state index contributed by atoms with van der Waals surface area (Å²) in [6.07, 6.45) is 15.0. The van der Waals surface area contributed by atoms with E-state index in [0.29, 0.717) is 40.6 Å². The zero-order chi connectivity index (χ0) is 25.5. The number of likely N-dealkylation sites (tertiary alicyclic amines) is 1. The van der Waals surface area contributed by atoms with Crippen LogP contribution in [0.5, 0.6) is 0 Å².